The average Bonchev–Trinajstić information content (AvgIpc) is 2.61. The van der Waals surface area contributed by atoms with E-state index in [4.69, 9.17) is 9.47 Å². The molecule has 120 valence electrons. The minimum absolute atomic E-state index is 0.0784. The zero-order chi connectivity index (χ0) is 16.5. The topological polar surface area (TPSA) is 64.6 Å². The lowest BCUT2D eigenvalue weighted by molar-refractivity contribution is -0.123. The highest BCUT2D eigenvalue weighted by atomic mass is 16.5. The number of methoxy groups -OCH3 is 1. The molecule has 1 N–H and O–H groups in total. The Balaban J connectivity index is 1.71. The normalized spacial score (nSPS) is 9.96. The second-order valence-electron chi connectivity index (χ2n) is 4.93. The molecule has 0 aliphatic carbocycles. The van der Waals surface area contributed by atoms with Crippen LogP contribution >= 0.6 is 0 Å². The molecule has 0 unspecified atom stereocenters. The number of hydrogen-bond acceptors (Lipinski definition) is 4. The highest BCUT2D eigenvalue weighted by Gasteiger charge is 2.03. The number of amides is 1. The summed E-state index contributed by atoms with van der Waals surface area (Å²) in [6.07, 6.45) is 1.47. The van der Waals surface area contributed by atoms with Crippen LogP contribution in [0.3, 0.4) is 0 Å². The largest absolute Gasteiger partial charge is 0.497 e. The van der Waals surface area contributed by atoms with Gasteiger partial charge in [0.25, 0.3) is 5.91 Å². The lowest BCUT2D eigenvalue weighted by atomic mass is 10.1. The number of hydrogen-bond donors (Lipinski definition) is 1. The van der Waals surface area contributed by atoms with Crippen molar-refractivity contribution in [2.45, 2.75) is 6.42 Å². The lowest BCUT2D eigenvalue weighted by Crippen LogP contribution is -2.30. The predicted octanol–water partition coefficient (Wildman–Crippen LogP) is 2.25. The summed E-state index contributed by atoms with van der Waals surface area (Å²) in [6, 6.07) is 14.4. The first-order chi connectivity index (χ1) is 11.2. The van der Waals surface area contributed by atoms with Crippen molar-refractivity contribution in [3.63, 3.8) is 0 Å². The van der Waals surface area contributed by atoms with E-state index in [-0.39, 0.29) is 12.5 Å². The number of rotatable bonds is 8. The number of benzene rings is 2. The van der Waals surface area contributed by atoms with Crippen molar-refractivity contribution in [2.75, 3.05) is 20.3 Å². The molecule has 0 spiro atoms. The van der Waals surface area contributed by atoms with Crippen molar-refractivity contribution in [1.29, 1.82) is 0 Å². The van der Waals surface area contributed by atoms with Gasteiger partial charge in [0.1, 0.15) is 17.8 Å². The minimum atomic E-state index is -0.199. The van der Waals surface area contributed by atoms with E-state index < -0.39 is 0 Å². The van der Waals surface area contributed by atoms with Crippen molar-refractivity contribution in [2.24, 2.45) is 0 Å². The summed E-state index contributed by atoms with van der Waals surface area (Å²) in [7, 11) is 1.63. The molecule has 0 aromatic heterocycles. The Hall–Kier alpha value is -2.82. The molecule has 23 heavy (non-hydrogen) atoms. The zero-order valence-corrected chi connectivity index (χ0v) is 13.0. The zero-order valence-electron chi connectivity index (χ0n) is 13.0. The van der Waals surface area contributed by atoms with Crippen molar-refractivity contribution < 1.29 is 19.1 Å². The van der Waals surface area contributed by atoms with Gasteiger partial charge in [-0.1, -0.05) is 24.3 Å². The average molecular weight is 313 g/mol. The van der Waals surface area contributed by atoms with Crippen LogP contribution in [0.1, 0.15) is 15.9 Å². The van der Waals surface area contributed by atoms with Crippen LogP contribution in [0.5, 0.6) is 11.5 Å². The molecule has 0 saturated heterocycles. The first kappa shape index (κ1) is 16.5. The molecule has 0 radical (unpaired) electrons. The van der Waals surface area contributed by atoms with Crippen LogP contribution in [-0.4, -0.2) is 32.5 Å². The molecule has 0 atom stereocenters. The summed E-state index contributed by atoms with van der Waals surface area (Å²) < 4.78 is 10.5. The fourth-order valence-electron chi connectivity index (χ4n) is 2.02. The highest BCUT2D eigenvalue weighted by Crippen LogP contribution is 2.12. The van der Waals surface area contributed by atoms with E-state index in [1.807, 2.05) is 24.3 Å². The summed E-state index contributed by atoms with van der Waals surface area (Å²) in [6.45, 7) is 0.452. The van der Waals surface area contributed by atoms with Crippen LogP contribution in [0.4, 0.5) is 0 Å². The number of carbonyl (C=O) groups excluding carboxylic acids is 2. The molecule has 0 heterocycles. The van der Waals surface area contributed by atoms with Gasteiger partial charge in [0.2, 0.25) is 0 Å². The quantitative estimate of drug-likeness (QED) is 0.759. The molecular formula is C18H19NO4. The standard InChI is InChI=1S/C18H19NO4/c1-22-16-7-5-14(6-8-16)9-10-19-18(21)13-23-17-4-2-3-15(11-17)12-20/h2-8,11-12H,9-10,13H2,1H3,(H,19,21). The van der Waals surface area contributed by atoms with E-state index in [9.17, 15) is 9.59 Å². The summed E-state index contributed by atoms with van der Waals surface area (Å²) in [5.74, 6) is 1.11. The Morgan fingerprint density at radius 3 is 2.61 bits per heavy atom. The first-order valence-electron chi connectivity index (χ1n) is 7.29. The van der Waals surface area contributed by atoms with Gasteiger partial charge in [0, 0.05) is 12.1 Å². The van der Waals surface area contributed by atoms with Gasteiger partial charge in [-0.2, -0.15) is 0 Å². The smallest absolute Gasteiger partial charge is 0.257 e. The van der Waals surface area contributed by atoms with Crippen LogP contribution in [0.15, 0.2) is 48.5 Å². The van der Waals surface area contributed by atoms with E-state index >= 15 is 0 Å². The molecule has 0 bridgehead atoms. The third-order valence-electron chi connectivity index (χ3n) is 3.26. The monoisotopic (exact) mass is 313 g/mol. The first-order valence-corrected chi connectivity index (χ1v) is 7.29. The number of aldehydes is 1. The highest BCUT2D eigenvalue weighted by molar-refractivity contribution is 5.78. The molecular weight excluding hydrogens is 294 g/mol. The summed E-state index contributed by atoms with van der Waals surface area (Å²) in [5.41, 5.74) is 1.63. The molecule has 1 amide bonds. The van der Waals surface area contributed by atoms with Crippen LogP contribution in [0, 0.1) is 0 Å². The Morgan fingerprint density at radius 1 is 1.13 bits per heavy atom. The molecule has 0 aliphatic rings. The minimum Gasteiger partial charge on any atom is -0.497 e. The van der Waals surface area contributed by atoms with Crippen LogP contribution in [-0.2, 0) is 11.2 Å². The molecule has 5 nitrogen and oxygen atoms in total. The Kier molecular flexibility index (Phi) is 6.17. The van der Waals surface area contributed by atoms with Crippen LogP contribution < -0.4 is 14.8 Å². The molecule has 2 aromatic rings. The number of carbonyl (C=O) groups is 2. The summed E-state index contributed by atoms with van der Waals surface area (Å²) in [4.78, 5) is 22.4. The van der Waals surface area contributed by atoms with Crippen molar-refractivity contribution in [3.05, 3.63) is 59.7 Å². The third-order valence-corrected chi connectivity index (χ3v) is 3.26. The van der Waals surface area contributed by atoms with E-state index in [2.05, 4.69) is 5.32 Å². The third kappa shape index (κ3) is 5.47. The van der Waals surface area contributed by atoms with Gasteiger partial charge in [-0.15, -0.1) is 0 Å². The number of ether oxygens (including phenoxy) is 2. The molecule has 2 rings (SSSR count). The Labute approximate surface area is 135 Å². The molecule has 0 fully saturated rings. The van der Waals surface area contributed by atoms with E-state index in [1.165, 1.54) is 0 Å². The fourth-order valence-corrected chi connectivity index (χ4v) is 2.02. The fraction of sp³-hybridized carbons (Fsp3) is 0.222. The summed E-state index contributed by atoms with van der Waals surface area (Å²) >= 11 is 0. The predicted molar refractivity (Wildman–Crippen MR) is 87.0 cm³/mol. The van der Waals surface area contributed by atoms with Gasteiger partial charge in [-0.25, -0.2) is 0 Å². The van der Waals surface area contributed by atoms with E-state index in [0.29, 0.717) is 17.9 Å². The van der Waals surface area contributed by atoms with Gasteiger partial charge in [0.15, 0.2) is 6.61 Å². The van der Waals surface area contributed by atoms with E-state index in [1.54, 1.807) is 31.4 Å². The lowest BCUT2D eigenvalue weighted by Gasteiger charge is -2.08. The van der Waals surface area contributed by atoms with Gasteiger partial charge < -0.3 is 14.8 Å². The number of nitrogens with one attached hydrogen (secondary N) is 1. The van der Waals surface area contributed by atoms with Crippen molar-refractivity contribution in [1.82, 2.24) is 5.32 Å². The van der Waals surface area contributed by atoms with Gasteiger partial charge in [-0.3, -0.25) is 9.59 Å². The maximum Gasteiger partial charge on any atom is 0.257 e. The van der Waals surface area contributed by atoms with Crippen molar-refractivity contribution in [3.8, 4) is 11.5 Å². The molecule has 2 aromatic carbocycles. The maximum atomic E-state index is 11.7. The maximum absolute atomic E-state index is 11.7. The van der Waals surface area contributed by atoms with Gasteiger partial charge in [0.05, 0.1) is 7.11 Å². The van der Waals surface area contributed by atoms with Gasteiger partial charge >= 0.3 is 0 Å². The Bertz CT molecular complexity index is 652. The second-order valence-corrected chi connectivity index (χ2v) is 4.93. The molecule has 0 aliphatic heterocycles. The van der Waals surface area contributed by atoms with Gasteiger partial charge in [-0.05, 0) is 36.2 Å². The van der Waals surface area contributed by atoms with E-state index in [0.717, 1.165) is 24.0 Å². The Morgan fingerprint density at radius 2 is 1.91 bits per heavy atom. The second kappa shape index (κ2) is 8.58. The van der Waals surface area contributed by atoms with Crippen molar-refractivity contribution >= 4 is 12.2 Å². The molecule has 5 heteroatoms. The SMILES string of the molecule is COc1ccc(CCNC(=O)COc2cccc(C=O)c2)cc1. The summed E-state index contributed by atoms with van der Waals surface area (Å²) in [5, 5.41) is 2.79. The van der Waals surface area contributed by atoms with Crippen LogP contribution in [0.2, 0.25) is 0 Å². The molecule has 0 saturated carbocycles. The van der Waals surface area contributed by atoms with Crippen LogP contribution in [0.25, 0.3) is 0 Å².